The Balaban J connectivity index is 2.87. The summed E-state index contributed by atoms with van der Waals surface area (Å²) in [7, 11) is 1.68. The molecule has 20 heavy (non-hydrogen) atoms. The molecule has 1 N–H and O–H groups in total. The van der Waals surface area contributed by atoms with Crippen LogP contribution in [0.5, 0.6) is 0 Å². The Kier molecular flexibility index (Phi) is 7.10. The molecule has 0 saturated heterocycles. The Hall–Kier alpha value is -1.00. The van der Waals surface area contributed by atoms with E-state index in [1.165, 1.54) is 12.1 Å². The summed E-state index contributed by atoms with van der Waals surface area (Å²) in [5, 5.41) is 3.42. The summed E-state index contributed by atoms with van der Waals surface area (Å²) in [5.41, 5.74) is 0.652. The molecule has 0 aromatic heterocycles. The minimum atomic E-state index is -0.534. The quantitative estimate of drug-likeness (QED) is 0.788. The van der Waals surface area contributed by atoms with E-state index in [4.69, 9.17) is 4.74 Å². The van der Waals surface area contributed by atoms with Crippen LogP contribution in [0.2, 0.25) is 0 Å². The van der Waals surface area contributed by atoms with Crippen LogP contribution in [0.25, 0.3) is 0 Å². The first-order chi connectivity index (χ1) is 9.47. The summed E-state index contributed by atoms with van der Waals surface area (Å²) in [6.45, 7) is 7.11. The third-order valence-electron chi connectivity index (χ3n) is 3.36. The molecule has 2 unspecified atom stereocenters. The van der Waals surface area contributed by atoms with E-state index in [2.05, 4.69) is 26.1 Å². The zero-order valence-corrected chi connectivity index (χ0v) is 12.7. The monoisotopic (exact) mass is 285 g/mol. The van der Waals surface area contributed by atoms with Crippen LogP contribution in [0.1, 0.15) is 32.8 Å². The second kappa shape index (κ2) is 8.32. The summed E-state index contributed by atoms with van der Waals surface area (Å²) in [6, 6.07) is 3.71. The van der Waals surface area contributed by atoms with Gasteiger partial charge in [-0.25, -0.2) is 8.78 Å². The zero-order chi connectivity index (χ0) is 15.1. The standard InChI is InChI=1S/C16H25F2NO/c1-5-6-19-15(16(20-4)11(2)3)9-12-7-13(17)10-14(18)8-12/h7-8,10-11,15-16,19H,5-6,9H2,1-4H3. The predicted molar refractivity (Wildman–Crippen MR) is 77.8 cm³/mol. The number of benzene rings is 1. The topological polar surface area (TPSA) is 21.3 Å². The minimum Gasteiger partial charge on any atom is -0.380 e. The molecule has 1 rings (SSSR count). The first-order valence-corrected chi connectivity index (χ1v) is 7.19. The fraction of sp³-hybridized carbons (Fsp3) is 0.625. The van der Waals surface area contributed by atoms with Crippen LogP contribution in [-0.2, 0) is 11.2 Å². The molecule has 1 aromatic carbocycles. The van der Waals surface area contributed by atoms with Crippen molar-refractivity contribution in [1.29, 1.82) is 0 Å². The van der Waals surface area contributed by atoms with Gasteiger partial charge < -0.3 is 10.1 Å². The molecule has 0 spiro atoms. The zero-order valence-electron chi connectivity index (χ0n) is 12.7. The van der Waals surface area contributed by atoms with Gasteiger partial charge in [0.15, 0.2) is 0 Å². The third-order valence-corrected chi connectivity index (χ3v) is 3.36. The Bertz CT molecular complexity index is 389. The van der Waals surface area contributed by atoms with Gasteiger partial charge in [-0.2, -0.15) is 0 Å². The number of hydrogen-bond donors (Lipinski definition) is 1. The highest BCUT2D eigenvalue weighted by Gasteiger charge is 2.24. The van der Waals surface area contributed by atoms with Crippen molar-refractivity contribution in [1.82, 2.24) is 5.32 Å². The maximum atomic E-state index is 13.3. The van der Waals surface area contributed by atoms with Gasteiger partial charge in [-0.05, 0) is 43.0 Å². The van der Waals surface area contributed by atoms with Crippen LogP contribution in [-0.4, -0.2) is 25.8 Å². The van der Waals surface area contributed by atoms with Crippen molar-refractivity contribution < 1.29 is 13.5 Å². The van der Waals surface area contributed by atoms with E-state index in [-0.39, 0.29) is 12.1 Å². The molecule has 2 nitrogen and oxygen atoms in total. The first kappa shape index (κ1) is 17.1. The van der Waals surface area contributed by atoms with Gasteiger partial charge >= 0.3 is 0 Å². The smallest absolute Gasteiger partial charge is 0.126 e. The third kappa shape index (κ3) is 5.17. The van der Waals surface area contributed by atoms with E-state index < -0.39 is 11.6 Å². The Morgan fingerprint density at radius 1 is 1.15 bits per heavy atom. The van der Waals surface area contributed by atoms with E-state index in [1.54, 1.807) is 7.11 Å². The molecule has 0 aliphatic heterocycles. The van der Waals surface area contributed by atoms with Crippen molar-refractivity contribution in [2.24, 2.45) is 5.92 Å². The summed E-state index contributed by atoms with van der Waals surface area (Å²) in [5.74, 6) is -0.742. The fourth-order valence-electron chi connectivity index (χ4n) is 2.52. The number of halogens is 2. The molecule has 0 bridgehead atoms. The predicted octanol–water partition coefficient (Wildman–Crippen LogP) is 3.55. The molecule has 0 radical (unpaired) electrons. The molecule has 2 atom stereocenters. The van der Waals surface area contributed by atoms with Crippen LogP contribution in [0, 0.1) is 17.6 Å². The van der Waals surface area contributed by atoms with Gasteiger partial charge in [0.1, 0.15) is 11.6 Å². The molecule has 0 fully saturated rings. The second-order valence-corrected chi connectivity index (χ2v) is 5.49. The van der Waals surface area contributed by atoms with Crippen LogP contribution >= 0.6 is 0 Å². The van der Waals surface area contributed by atoms with Gasteiger partial charge in [-0.1, -0.05) is 20.8 Å². The molecule has 0 saturated carbocycles. The highest BCUT2D eigenvalue weighted by Crippen LogP contribution is 2.17. The van der Waals surface area contributed by atoms with Gasteiger partial charge in [0, 0.05) is 19.2 Å². The average Bonchev–Trinajstić information content (AvgIpc) is 2.34. The molecule has 0 aliphatic rings. The lowest BCUT2D eigenvalue weighted by Crippen LogP contribution is -2.45. The van der Waals surface area contributed by atoms with Gasteiger partial charge in [0.25, 0.3) is 0 Å². The fourth-order valence-corrected chi connectivity index (χ4v) is 2.52. The van der Waals surface area contributed by atoms with Gasteiger partial charge in [0.05, 0.1) is 6.10 Å². The van der Waals surface area contributed by atoms with E-state index in [0.717, 1.165) is 19.0 Å². The maximum absolute atomic E-state index is 13.3. The van der Waals surface area contributed by atoms with E-state index >= 15 is 0 Å². The highest BCUT2D eigenvalue weighted by atomic mass is 19.1. The maximum Gasteiger partial charge on any atom is 0.126 e. The molecular weight excluding hydrogens is 260 g/mol. The number of methoxy groups -OCH3 is 1. The molecule has 4 heteroatoms. The van der Waals surface area contributed by atoms with Crippen molar-refractivity contribution in [3.63, 3.8) is 0 Å². The largest absolute Gasteiger partial charge is 0.380 e. The van der Waals surface area contributed by atoms with E-state index in [0.29, 0.717) is 17.9 Å². The van der Waals surface area contributed by atoms with Crippen LogP contribution in [0.4, 0.5) is 8.78 Å². The summed E-state index contributed by atoms with van der Waals surface area (Å²) < 4.78 is 32.1. The van der Waals surface area contributed by atoms with Gasteiger partial charge in [0.2, 0.25) is 0 Å². The van der Waals surface area contributed by atoms with Crippen molar-refractivity contribution in [2.45, 2.75) is 45.8 Å². The minimum absolute atomic E-state index is 0.00729. The number of nitrogens with one attached hydrogen (secondary N) is 1. The summed E-state index contributed by atoms with van der Waals surface area (Å²) in [6.07, 6.45) is 1.56. The van der Waals surface area contributed by atoms with Gasteiger partial charge in [-0.3, -0.25) is 0 Å². The molecule has 0 heterocycles. The SMILES string of the molecule is CCCNC(Cc1cc(F)cc(F)c1)C(OC)C(C)C. The Labute approximate surface area is 120 Å². The van der Waals surface area contributed by atoms with Crippen molar-refractivity contribution in [2.75, 3.05) is 13.7 Å². The molecule has 0 aliphatic carbocycles. The summed E-state index contributed by atoms with van der Waals surface area (Å²) >= 11 is 0. The molecule has 114 valence electrons. The lowest BCUT2D eigenvalue weighted by atomic mass is 9.93. The van der Waals surface area contributed by atoms with Crippen molar-refractivity contribution >= 4 is 0 Å². The van der Waals surface area contributed by atoms with E-state index in [1.807, 2.05) is 0 Å². The van der Waals surface area contributed by atoms with Crippen LogP contribution < -0.4 is 5.32 Å². The van der Waals surface area contributed by atoms with Crippen LogP contribution in [0.3, 0.4) is 0 Å². The first-order valence-electron chi connectivity index (χ1n) is 7.19. The Morgan fingerprint density at radius 3 is 2.20 bits per heavy atom. The van der Waals surface area contributed by atoms with Gasteiger partial charge in [-0.15, -0.1) is 0 Å². The Morgan fingerprint density at radius 2 is 1.75 bits per heavy atom. The molecular formula is C16H25F2NO. The number of hydrogen-bond acceptors (Lipinski definition) is 2. The number of rotatable bonds is 8. The lowest BCUT2D eigenvalue weighted by molar-refractivity contribution is 0.0332. The van der Waals surface area contributed by atoms with Crippen molar-refractivity contribution in [3.8, 4) is 0 Å². The van der Waals surface area contributed by atoms with Crippen LogP contribution in [0.15, 0.2) is 18.2 Å². The summed E-state index contributed by atoms with van der Waals surface area (Å²) in [4.78, 5) is 0. The second-order valence-electron chi connectivity index (χ2n) is 5.49. The lowest BCUT2D eigenvalue weighted by Gasteiger charge is -2.30. The average molecular weight is 285 g/mol. The molecule has 0 amide bonds. The molecule has 1 aromatic rings. The van der Waals surface area contributed by atoms with E-state index in [9.17, 15) is 8.78 Å². The number of ether oxygens (including phenoxy) is 1. The highest BCUT2D eigenvalue weighted by molar-refractivity contribution is 5.19. The van der Waals surface area contributed by atoms with Crippen molar-refractivity contribution in [3.05, 3.63) is 35.4 Å². The normalized spacial score (nSPS) is 14.6.